The molecule has 2 saturated heterocycles. The van der Waals surface area contributed by atoms with E-state index in [0.717, 1.165) is 24.3 Å². The Bertz CT molecular complexity index is 1070. The highest BCUT2D eigenvalue weighted by molar-refractivity contribution is 6.21. The summed E-state index contributed by atoms with van der Waals surface area (Å²) in [4.78, 5) is 50.9. The Balaban J connectivity index is 1.81. The number of carbonyl (C=O) groups excluding carboxylic acids is 4. The molecule has 0 unspecified atom stereocenters. The minimum absolute atomic E-state index is 0.156. The zero-order chi connectivity index (χ0) is 25.3. The Kier molecular flexibility index (Phi) is 6.20. The minimum atomic E-state index is -3.09. The number of imide groups is 2. The zero-order valence-electron chi connectivity index (χ0n) is 17.4. The quantitative estimate of drug-likeness (QED) is 0.358. The van der Waals surface area contributed by atoms with Crippen LogP contribution in [0.15, 0.2) is 48.5 Å². The van der Waals surface area contributed by atoms with Gasteiger partial charge in [-0.25, -0.2) is 9.59 Å². The van der Waals surface area contributed by atoms with E-state index in [-0.39, 0.29) is 22.6 Å². The molecule has 0 aromatic heterocycles. The molecule has 4 N–H and O–H groups in total. The van der Waals surface area contributed by atoms with Crippen LogP contribution in [0.4, 0.5) is 27.2 Å². The van der Waals surface area contributed by atoms with E-state index in [2.05, 4.69) is 20.1 Å². The Hall–Kier alpha value is -4.36. The van der Waals surface area contributed by atoms with Crippen LogP contribution in [0.25, 0.3) is 0 Å². The molecule has 0 radical (unpaired) electrons. The predicted molar refractivity (Wildman–Crippen MR) is 107 cm³/mol. The van der Waals surface area contributed by atoms with Gasteiger partial charge in [-0.2, -0.15) is 17.6 Å². The number of nitrogens with one attached hydrogen (secondary N) is 4. The average molecular weight is 496 g/mol. The largest absolute Gasteiger partial charge is 0.435 e. The molecule has 2 aliphatic rings. The first-order chi connectivity index (χ1) is 16.6. The maximum absolute atomic E-state index is 13.3. The van der Waals surface area contributed by atoms with Crippen molar-refractivity contribution in [1.29, 1.82) is 0 Å². The summed E-state index contributed by atoms with van der Waals surface area (Å²) in [6.45, 7) is -6.18. The van der Waals surface area contributed by atoms with Crippen LogP contribution in [-0.4, -0.2) is 37.1 Å². The van der Waals surface area contributed by atoms with E-state index in [1.165, 1.54) is 24.3 Å². The van der Waals surface area contributed by atoms with E-state index in [9.17, 15) is 36.7 Å². The van der Waals surface area contributed by atoms with Gasteiger partial charge in [0.05, 0.1) is 12.1 Å². The van der Waals surface area contributed by atoms with Gasteiger partial charge in [0.25, 0.3) is 0 Å². The molecule has 35 heavy (non-hydrogen) atoms. The van der Waals surface area contributed by atoms with E-state index in [0.29, 0.717) is 0 Å². The van der Waals surface area contributed by atoms with E-state index in [1.54, 1.807) is 0 Å². The zero-order valence-corrected chi connectivity index (χ0v) is 17.4. The molecule has 10 nitrogen and oxygen atoms in total. The van der Waals surface area contributed by atoms with Crippen molar-refractivity contribution >= 4 is 23.9 Å². The van der Waals surface area contributed by atoms with Crippen LogP contribution in [0.2, 0.25) is 0 Å². The second-order valence-corrected chi connectivity index (χ2v) is 7.49. The van der Waals surface area contributed by atoms with Gasteiger partial charge in [0, 0.05) is 0 Å². The number of halogens is 4. The first kappa shape index (κ1) is 23.8. The molecule has 4 rings (SSSR count). The van der Waals surface area contributed by atoms with Crippen molar-refractivity contribution in [3.8, 4) is 11.5 Å². The summed E-state index contributed by atoms with van der Waals surface area (Å²) in [6.07, 6.45) is 0. The van der Waals surface area contributed by atoms with Crippen LogP contribution in [0.3, 0.4) is 0 Å². The number of amides is 6. The number of carbonyl (C=O) groups is 4. The maximum Gasteiger partial charge on any atom is 0.387 e. The monoisotopic (exact) mass is 496 g/mol. The van der Waals surface area contributed by atoms with Gasteiger partial charge < -0.3 is 20.1 Å². The summed E-state index contributed by atoms with van der Waals surface area (Å²) in [5.41, 5.74) is -1.88. The van der Waals surface area contributed by atoms with Gasteiger partial charge in [-0.1, -0.05) is 24.3 Å². The van der Waals surface area contributed by atoms with E-state index in [4.69, 9.17) is 0 Å². The lowest BCUT2D eigenvalue weighted by Gasteiger charge is -2.48. The van der Waals surface area contributed by atoms with Crippen molar-refractivity contribution < 1.29 is 46.2 Å². The van der Waals surface area contributed by atoms with E-state index >= 15 is 0 Å². The van der Waals surface area contributed by atoms with Gasteiger partial charge >= 0.3 is 25.3 Å². The standard InChI is InChI=1S/C21H16F4N4O6/c22-17(23)34-11-5-1-9(2-6-11)13-21(15(30)28-20(33)29-16(21)31)14(27-19(32)26-13)10-3-7-12(8-4-10)35-18(24)25/h1-8,13-14,17-18H,(H2,26,27,32)(H2,28,29,30,31,33)/t13-,14-/m1/s1. The van der Waals surface area contributed by atoms with Crippen molar-refractivity contribution in [2.45, 2.75) is 25.3 Å². The fourth-order valence-electron chi connectivity index (χ4n) is 4.15. The number of alkyl halides is 4. The molecule has 2 aromatic carbocycles. The summed E-state index contributed by atoms with van der Waals surface area (Å²) < 4.78 is 58.6. The Labute approximate surface area is 193 Å². The third kappa shape index (κ3) is 4.41. The van der Waals surface area contributed by atoms with Crippen molar-refractivity contribution in [2.75, 3.05) is 0 Å². The number of benzene rings is 2. The number of rotatable bonds is 6. The number of barbiturate groups is 1. The molecule has 1 spiro atoms. The molecule has 2 heterocycles. The summed E-state index contributed by atoms with van der Waals surface area (Å²) in [5, 5.41) is 8.96. The van der Waals surface area contributed by atoms with Gasteiger partial charge in [-0.3, -0.25) is 20.2 Å². The fraction of sp³-hybridized carbons (Fsp3) is 0.238. The first-order valence-corrected chi connectivity index (χ1v) is 9.94. The Morgan fingerprint density at radius 2 is 1.00 bits per heavy atom. The van der Waals surface area contributed by atoms with Crippen molar-refractivity contribution in [2.24, 2.45) is 5.41 Å². The maximum atomic E-state index is 13.3. The van der Waals surface area contributed by atoms with Crippen molar-refractivity contribution in [3.63, 3.8) is 0 Å². The number of hydrogen-bond acceptors (Lipinski definition) is 6. The van der Waals surface area contributed by atoms with Crippen molar-refractivity contribution in [1.82, 2.24) is 21.3 Å². The van der Waals surface area contributed by atoms with Crippen LogP contribution in [0.1, 0.15) is 23.2 Å². The highest BCUT2D eigenvalue weighted by Crippen LogP contribution is 2.48. The topological polar surface area (TPSA) is 135 Å². The molecular formula is C21H16F4N4O6. The Morgan fingerprint density at radius 3 is 1.34 bits per heavy atom. The third-order valence-corrected chi connectivity index (χ3v) is 5.54. The second kappa shape index (κ2) is 9.12. The van der Waals surface area contributed by atoms with E-state index in [1.807, 2.05) is 10.6 Å². The van der Waals surface area contributed by atoms with Gasteiger partial charge in [0.2, 0.25) is 11.8 Å². The summed E-state index contributed by atoms with van der Waals surface area (Å²) in [5.74, 6) is -2.54. The molecule has 14 heteroatoms. The lowest BCUT2D eigenvalue weighted by atomic mass is 9.65. The van der Waals surface area contributed by atoms with Crippen LogP contribution < -0.4 is 30.7 Å². The number of ether oxygens (including phenoxy) is 2. The normalized spacial score (nSPS) is 21.3. The molecule has 2 atom stereocenters. The third-order valence-electron chi connectivity index (χ3n) is 5.54. The molecule has 2 aliphatic heterocycles. The molecule has 2 aromatic rings. The smallest absolute Gasteiger partial charge is 0.387 e. The predicted octanol–water partition coefficient (Wildman–Crippen LogP) is 2.34. The average Bonchev–Trinajstić information content (AvgIpc) is 2.78. The molecule has 6 amide bonds. The lowest BCUT2D eigenvalue weighted by molar-refractivity contribution is -0.150. The fourth-order valence-corrected chi connectivity index (χ4v) is 4.15. The number of urea groups is 2. The van der Waals surface area contributed by atoms with Gasteiger partial charge in [-0.05, 0) is 35.4 Å². The summed E-state index contributed by atoms with van der Waals surface area (Å²) >= 11 is 0. The molecule has 0 saturated carbocycles. The molecule has 0 bridgehead atoms. The molecule has 0 aliphatic carbocycles. The van der Waals surface area contributed by atoms with Gasteiger partial charge in [-0.15, -0.1) is 0 Å². The molecule has 184 valence electrons. The summed E-state index contributed by atoms with van der Waals surface area (Å²) in [6, 6.07) is 5.03. The molecular weight excluding hydrogens is 480 g/mol. The Morgan fingerprint density at radius 1 is 0.629 bits per heavy atom. The van der Waals surface area contributed by atoms with Crippen LogP contribution in [0.5, 0.6) is 11.5 Å². The van der Waals surface area contributed by atoms with Crippen LogP contribution >= 0.6 is 0 Å². The minimum Gasteiger partial charge on any atom is -0.435 e. The summed E-state index contributed by atoms with van der Waals surface area (Å²) in [7, 11) is 0. The van der Waals surface area contributed by atoms with Gasteiger partial charge in [0.1, 0.15) is 11.5 Å². The molecule has 2 fully saturated rings. The van der Waals surface area contributed by atoms with Crippen molar-refractivity contribution in [3.05, 3.63) is 59.7 Å². The lowest BCUT2D eigenvalue weighted by Crippen LogP contribution is -2.73. The highest BCUT2D eigenvalue weighted by Gasteiger charge is 2.64. The van der Waals surface area contributed by atoms with Crippen LogP contribution in [0, 0.1) is 5.41 Å². The van der Waals surface area contributed by atoms with E-state index < -0.39 is 54.6 Å². The van der Waals surface area contributed by atoms with Crippen LogP contribution in [-0.2, 0) is 9.59 Å². The number of hydrogen-bond donors (Lipinski definition) is 4. The van der Waals surface area contributed by atoms with Gasteiger partial charge in [0.15, 0.2) is 5.41 Å². The second-order valence-electron chi connectivity index (χ2n) is 7.49. The highest BCUT2D eigenvalue weighted by atomic mass is 19.3. The SMILES string of the molecule is O=C1NC(=O)C2(C(=O)N1)[C@@H](c1ccc(OC(F)F)cc1)NC(=O)N[C@@H]2c1ccc(OC(F)F)cc1. The first-order valence-electron chi connectivity index (χ1n) is 9.94.